The third-order valence-corrected chi connectivity index (χ3v) is 7.10. The maximum atomic E-state index is 14.0. The molecule has 6 rings (SSSR count). The number of aryl methyl sites for hydroxylation is 1. The number of halogens is 1. The van der Waals surface area contributed by atoms with Crippen LogP contribution in [-0.4, -0.2) is 32.4 Å². The van der Waals surface area contributed by atoms with Gasteiger partial charge in [0, 0.05) is 22.5 Å². The van der Waals surface area contributed by atoms with Crippen molar-refractivity contribution in [1.29, 1.82) is 0 Å². The lowest BCUT2D eigenvalue weighted by atomic mass is 10.0. The maximum absolute atomic E-state index is 14.0. The van der Waals surface area contributed by atoms with E-state index in [-0.39, 0.29) is 12.1 Å². The summed E-state index contributed by atoms with van der Waals surface area (Å²) in [5.41, 5.74) is 5.34. The number of benzene rings is 3. The van der Waals surface area contributed by atoms with Crippen LogP contribution in [0.5, 0.6) is 5.75 Å². The van der Waals surface area contributed by atoms with E-state index in [1.54, 1.807) is 31.4 Å². The number of nitrogens with one attached hydrogen (secondary N) is 1. The van der Waals surface area contributed by atoms with Gasteiger partial charge in [-0.25, -0.2) is 9.48 Å². The highest BCUT2D eigenvalue weighted by atomic mass is 35.5. The first-order valence-electron chi connectivity index (χ1n) is 12.3. The first-order chi connectivity index (χ1) is 18.5. The summed E-state index contributed by atoms with van der Waals surface area (Å²) in [6, 6.07) is 28.5. The molecule has 1 atom stereocenters. The number of para-hydroxylation sites is 1. The monoisotopic (exact) mass is 523 g/mol. The summed E-state index contributed by atoms with van der Waals surface area (Å²) in [6.45, 7) is 2.35. The van der Waals surface area contributed by atoms with E-state index in [1.165, 1.54) is 0 Å². The highest BCUT2D eigenvalue weighted by molar-refractivity contribution is 6.30. The van der Waals surface area contributed by atoms with Gasteiger partial charge in [-0.15, -0.1) is 0 Å². The molecule has 3 heterocycles. The Balaban J connectivity index is 1.53. The molecule has 8 heteroatoms. The number of hydrogen-bond acceptors (Lipinski definition) is 3. The summed E-state index contributed by atoms with van der Waals surface area (Å²) in [7, 11) is 1.65. The van der Waals surface area contributed by atoms with Crippen LogP contribution in [0.15, 0.2) is 97.2 Å². The van der Waals surface area contributed by atoms with Crippen molar-refractivity contribution in [1.82, 2.24) is 19.2 Å². The van der Waals surface area contributed by atoms with E-state index in [9.17, 15) is 4.79 Å². The minimum atomic E-state index is -0.386. The second-order valence-electron chi connectivity index (χ2n) is 9.18. The summed E-state index contributed by atoms with van der Waals surface area (Å²) >= 11 is 6.07. The van der Waals surface area contributed by atoms with E-state index >= 15 is 0 Å². The molecule has 0 saturated carbocycles. The van der Waals surface area contributed by atoms with E-state index < -0.39 is 0 Å². The number of fused-ring (bicyclic) bond motifs is 3. The Hall–Kier alpha value is -4.49. The van der Waals surface area contributed by atoms with E-state index in [1.807, 2.05) is 83.4 Å². The van der Waals surface area contributed by atoms with Crippen molar-refractivity contribution in [2.75, 3.05) is 12.4 Å². The van der Waals surface area contributed by atoms with Crippen molar-refractivity contribution in [2.24, 2.45) is 0 Å². The average Bonchev–Trinajstić information content (AvgIpc) is 3.50. The molecule has 1 aliphatic rings. The minimum absolute atomic E-state index is 0.229. The number of carbonyl (C=O) groups is 1. The molecule has 1 N–H and O–H groups in total. The number of urea groups is 1. The first-order valence-corrected chi connectivity index (χ1v) is 12.7. The van der Waals surface area contributed by atoms with Crippen LogP contribution in [-0.2, 0) is 6.54 Å². The zero-order valence-electron chi connectivity index (χ0n) is 21.0. The summed E-state index contributed by atoms with van der Waals surface area (Å²) in [6.07, 6.45) is 2.03. The largest absolute Gasteiger partial charge is 0.497 e. The number of hydrogen-bond donors (Lipinski definition) is 1. The first kappa shape index (κ1) is 23.9. The molecule has 1 aliphatic heterocycles. The fraction of sp³-hybridized carbons (Fsp3) is 0.133. The lowest BCUT2D eigenvalue weighted by Gasteiger charge is -2.31. The summed E-state index contributed by atoms with van der Waals surface area (Å²) in [4.78, 5) is 15.8. The Morgan fingerprint density at radius 2 is 1.79 bits per heavy atom. The topological polar surface area (TPSA) is 64.3 Å². The Labute approximate surface area is 225 Å². The molecular formula is C30H26ClN5O2. The molecular weight excluding hydrogens is 498 g/mol. The summed E-state index contributed by atoms with van der Waals surface area (Å²) in [5, 5.41) is 8.58. The molecule has 2 amide bonds. The van der Waals surface area contributed by atoms with Crippen LogP contribution in [0.1, 0.15) is 28.6 Å². The van der Waals surface area contributed by atoms with E-state index in [0.717, 1.165) is 39.8 Å². The normalized spacial score (nSPS) is 14.4. The SMILES string of the molecule is COc1cccc([C@H]2c3cccn3-c3c(c(C)nn3-c3ccccc3)CN2C(=O)Nc2ccc(Cl)cc2)c1. The highest BCUT2D eigenvalue weighted by Gasteiger charge is 2.36. The number of ether oxygens (including phenoxy) is 1. The maximum Gasteiger partial charge on any atom is 0.322 e. The zero-order chi connectivity index (χ0) is 26.2. The number of carbonyl (C=O) groups excluding carboxylic acids is 1. The molecule has 3 aromatic carbocycles. The Bertz CT molecular complexity index is 1610. The van der Waals surface area contributed by atoms with Gasteiger partial charge in [-0.3, -0.25) is 0 Å². The second kappa shape index (κ2) is 9.76. The van der Waals surface area contributed by atoms with Crippen LogP contribution in [0, 0.1) is 6.92 Å². The third kappa shape index (κ3) is 4.21. The van der Waals surface area contributed by atoms with Crippen molar-refractivity contribution >= 4 is 23.3 Å². The number of rotatable bonds is 4. The van der Waals surface area contributed by atoms with Gasteiger partial charge in [0.25, 0.3) is 0 Å². The van der Waals surface area contributed by atoms with Gasteiger partial charge in [0.05, 0.1) is 36.8 Å². The molecule has 2 aromatic heterocycles. The summed E-state index contributed by atoms with van der Waals surface area (Å²) < 4.78 is 9.64. The van der Waals surface area contributed by atoms with Gasteiger partial charge in [0.15, 0.2) is 0 Å². The van der Waals surface area contributed by atoms with E-state index in [4.69, 9.17) is 21.4 Å². The molecule has 5 aromatic rings. The number of amides is 2. The molecule has 0 aliphatic carbocycles. The van der Waals surface area contributed by atoms with Crippen LogP contribution in [0.3, 0.4) is 0 Å². The molecule has 0 bridgehead atoms. The summed E-state index contributed by atoms with van der Waals surface area (Å²) in [5.74, 6) is 1.65. The molecule has 7 nitrogen and oxygen atoms in total. The molecule has 0 saturated heterocycles. The lowest BCUT2D eigenvalue weighted by Crippen LogP contribution is -2.38. The van der Waals surface area contributed by atoms with Crippen LogP contribution < -0.4 is 10.1 Å². The second-order valence-corrected chi connectivity index (χ2v) is 9.62. The molecule has 0 radical (unpaired) electrons. The Morgan fingerprint density at radius 1 is 1.00 bits per heavy atom. The predicted molar refractivity (Wildman–Crippen MR) is 148 cm³/mol. The third-order valence-electron chi connectivity index (χ3n) is 6.85. The van der Waals surface area contributed by atoms with Crippen LogP contribution in [0.4, 0.5) is 10.5 Å². The predicted octanol–water partition coefficient (Wildman–Crippen LogP) is 6.77. The van der Waals surface area contributed by atoms with E-state index in [0.29, 0.717) is 17.3 Å². The fourth-order valence-electron chi connectivity index (χ4n) is 5.04. The fourth-order valence-corrected chi connectivity index (χ4v) is 5.17. The van der Waals surface area contributed by atoms with Crippen LogP contribution >= 0.6 is 11.6 Å². The lowest BCUT2D eigenvalue weighted by molar-refractivity contribution is 0.194. The van der Waals surface area contributed by atoms with E-state index in [2.05, 4.69) is 16.0 Å². The van der Waals surface area contributed by atoms with Gasteiger partial charge < -0.3 is 19.5 Å². The van der Waals surface area contributed by atoms with Crippen molar-refractivity contribution in [2.45, 2.75) is 19.5 Å². The van der Waals surface area contributed by atoms with Crippen molar-refractivity contribution in [3.8, 4) is 17.3 Å². The Kier molecular flexibility index (Phi) is 6.13. The van der Waals surface area contributed by atoms with Gasteiger partial charge in [-0.1, -0.05) is 41.9 Å². The molecule has 0 spiro atoms. The minimum Gasteiger partial charge on any atom is -0.497 e. The van der Waals surface area contributed by atoms with Gasteiger partial charge in [-0.05, 0) is 73.2 Å². The van der Waals surface area contributed by atoms with Crippen molar-refractivity contribution in [3.63, 3.8) is 0 Å². The average molecular weight is 524 g/mol. The number of nitrogens with zero attached hydrogens (tertiary/aromatic N) is 4. The van der Waals surface area contributed by atoms with Crippen molar-refractivity contribution < 1.29 is 9.53 Å². The smallest absolute Gasteiger partial charge is 0.322 e. The zero-order valence-corrected chi connectivity index (χ0v) is 21.8. The number of methoxy groups -OCH3 is 1. The number of anilines is 1. The van der Waals surface area contributed by atoms with Crippen LogP contribution in [0.2, 0.25) is 5.02 Å². The highest BCUT2D eigenvalue weighted by Crippen LogP contribution is 2.39. The molecule has 190 valence electrons. The number of aromatic nitrogens is 3. The molecule has 0 unspecified atom stereocenters. The van der Waals surface area contributed by atoms with Gasteiger partial charge >= 0.3 is 6.03 Å². The van der Waals surface area contributed by atoms with Gasteiger partial charge in [0.1, 0.15) is 11.6 Å². The molecule has 0 fully saturated rings. The standard InChI is InChI=1S/C30H26ClN5O2/c1-20-26-19-35(30(37)32-23-15-13-22(31)14-16-23)28(21-8-6-11-25(18-21)38-2)27-12-7-17-34(27)29(26)36(33-20)24-9-4-3-5-10-24/h3-18,28H,19H2,1-2H3,(H,32,37)/t28-/m0/s1. The van der Waals surface area contributed by atoms with Gasteiger partial charge in [0.2, 0.25) is 0 Å². The van der Waals surface area contributed by atoms with Crippen LogP contribution in [0.25, 0.3) is 11.5 Å². The van der Waals surface area contributed by atoms with Gasteiger partial charge in [-0.2, -0.15) is 5.10 Å². The van der Waals surface area contributed by atoms with Crippen molar-refractivity contribution in [3.05, 3.63) is 125 Å². The quantitative estimate of drug-likeness (QED) is 0.283. The Morgan fingerprint density at radius 3 is 2.55 bits per heavy atom. The molecule has 38 heavy (non-hydrogen) atoms.